The molecule has 0 amide bonds. The number of fused-ring (bicyclic) bond motifs is 29. The molecule has 21 fully saturated rings. The Balaban J connectivity index is 0.0000000898. The van der Waals surface area contributed by atoms with Gasteiger partial charge in [-0.2, -0.15) is 0 Å². The van der Waals surface area contributed by atoms with Gasteiger partial charge in [-0.3, -0.25) is 33.6 Å². The maximum absolute atomic E-state index is 11.7. The highest BCUT2D eigenvalue weighted by molar-refractivity contribution is 5.81. The van der Waals surface area contributed by atoms with Gasteiger partial charge in [0.1, 0.15) is 0 Å². The highest BCUT2D eigenvalue weighted by Gasteiger charge is 2.67. The maximum Gasteiger partial charge on any atom is 0.312 e. The van der Waals surface area contributed by atoms with Crippen molar-refractivity contribution in [1.82, 2.24) is 0 Å². The Kier molecular flexibility index (Phi) is 17.2. The minimum Gasteiger partial charge on any atom is -0.465 e. The van der Waals surface area contributed by atoms with Crippen LogP contribution in [0.15, 0.2) is 0 Å². The Labute approximate surface area is 553 Å². The van der Waals surface area contributed by atoms with Crippen LogP contribution in [-0.2, 0) is 76.2 Å². The fourth-order valence-corrected chi connectivity index (χ4v) is 27.8. The van der Waals surface area contributed by atoms with Crippen molar-refractivity contribution in [3.05, 3.63) is 0 Å². The molecule has 35 atom stereocenters. The molecule has 7 heterocycles. The summed E-state index contributed by atoms with van der Waals surface area (Å²) in [4.78, 5) is 80.6. The Morgan fingerprint density at radius 3 is 1.41 bits per heavy atom. The van der Waals surface area contributed by atoms with E-state index in [2.05, 4.69) is 55.4 Å². The summed E-state index contributed by atoms with van der Waals surface area (Å²) in [7, 11) is 1.76. The molecule has 7 aliphatic heterocycles. The summed E-state index contributed by atoms with van der Waals surface area (Å²) >= 11 is 0. The third-order valence-corrected chi connectivity index (χ3v) is 32.0. The molecule has 93 heavy (non-hydrogen) atoms. The Hall–Kier alpha value is -3.79. The molecule has 0 radical (unpaired) electrons. The molecule has 21 aliphatic rings. The highest BCUT2D eigenvalue weighted by Crippen LogP contribution is 2.66. The summed E-state index contributed by atoms with van der Waals surface area (Å²) in [5.41, 5.74) is 0.235. The van der Waals surface area contributed by atoms with Gasteiger partial charge in [-0.25, -0.2) is 0 Å². The second-order valence-electron chi connectivity index (χ2n) is 35.5. The molecule has 516 valence electrons. The zero-order valence-electron chi connectivity index (χ0n) is 57.7. The van der Waals surface area contributed by atoms with Crippen LogP contribution in [0.5, 0.6) is 0 Å². The normalized spacial score (nSPS) is 54.3. The summed E-state index contributed by atoms with van der Waals surface area (Å²) in [5.74, 6) is 19.2. The number of carbonyl (C=O) groups excluding carboxylic acids is 7. The molecule has 0 aromatic rings. The zero-order chi connectivity index (χ0) is 65.1. The second kappa shape index (κ2) is 24.6. The summed E-state index contributed by atoms with van der Waals surface area (Å²) in [6.45, 7) is 26.0. The predicted octanol–water partition coefficient (Wildman–Crippen LogP) is 11.6. The van der Waals surface area contributed by atoms with Crippen LogP contribution in [0.1, 0.15) is 171 Å². The lowest BCUT2D eigenvalue weighted by molar-refractivity contribution is -0.150. The number of methoxy groups -OCH3 is 1. The monoisotopic (exact) mass is 1290 g/mol. The van der Waals surface area contributed by atoms with Crippen molar-refractivity contribution < 1.29 is 76.2 Å². The zero-order valence-corrected chi connectivity index (χ0v) is 57.7. The van der Waals surface area contributed by atoms with Crippen molar-refractivity contribution in [2.75, 3.05) is 60.0 Å². The van der Waals surface area contributed by atoms with E-state index in [1.165, 1.54) is 77.0 Å². The van der Waals surface area contributed by atoms with E-state index < -0.39 is 0 Å². The second-order valence-corrected chi connectivity index (χ2v) is 35.5. The van der Waals surface area contributed by atoms with Gasteiger partial charge in [-0.15, -0.1) is 0 Å². The van der Waals surface area contributed by atoms with E-state index in [9.17, 15) is 33.6 Å². The molecule has 35 unspecified atom stereocenters. The third kappa shape index (κ3) is 10.4. The molecule has 14 aliphatic carbocycles. The fraction of sp³-hybridized carbons (Fsp3) is 0.909. The van der Waals surface area contributed by atoms with Gasteiger partial charge in [0.25, 0.3) is 0 Å². The van der Waals surface area contributed by atoms with Gasteiger partial charge in [0, 0.05) is 42.8 Å². The van der Waals surface area contributed by atoms with Crippen LogP contribution in [0.2, 0.25) is 0 Å². The first kappa shape index (κ1) is 65.2. The van der Waals surface area contributed by atoms with Crippen molar-refractivity contribution in [2.45, 2.75) is 184 Å². The summed E-state index contributed by atoms with van der Waals surface area (Å²) in [6, 6.07) is 0. The van der Waals surface area contributed by atoms with Crippen LogP contribution in [0.3, 0.4) is 0 Å². The van der Waals surface area contributed by atoms with E-state index in [4.69, 9.17) is 42.6 Å². The molecular weight excluding hydrogens is 1180 g/mol. The van der Waals surface area contributed by atoms with E-state index in [0.29, 0.717) is 134 Å². The van der Waals surface area contributed by atoms with Crippen molar-refractivity contribution >= 4 is 41.8 Å². The highest BCUT2D eigenvalue weighted by atomic mass is 16.6. The quantitative estimate of drug-likeness (QED) is 0.190. The van der Waals surface area contributed by atoms with Gasteiger partial charge in [0.2, 0.25) is 0 Å². The van der Waals surface area contributed by atoms with E-state index in [-0.39, 0.29) is 81.9 Å². The van der Waals surface area contributed by atoms with Crippen LogP contribution >= 0.6 is 0 Å². The van der Waals surface area contributed by atoms with E-state index >= 15 is 0 Å². The minimum absolute atomic E-state index is 0.0167. The maximum atomic E-state index is 11.7. The molecule has 16 heteroatoms. The van der Waals surface area contributed by atoms with Gasteiger partial charge in [-0.1, -0.05) is 55.4 Å². The average molecular weight is 1290 g/mol. The van der Waals surface area contributed by atoms with E-state index in [1.54, 1.807) is 7.11 Å². The van der Waals surface area contributed by atoms with Gasteiger partial charge >= 0.3 is 41.8 Å². The van der Waals surface area contributed by atoms with Crippen LogP contribution < -0.4 is 0 Å². The van der Waals surface area contributed by atoms with Crippen molar-refractivity contribution in [3.63, 3.8) is 0 Å². The van der Waals surface area contributed by atoms with Gasteiger partial charge in [0.05, 0.1) is 99.4 Å². The number of carbonyl (C=O) groups is 7. The molecule has 16 nitrogen and oxygen atoms in total. The lowest BCUT2D eigenvalue weighted by Crippen LogP contribution is -2.39. The predicted molar refractivity (Wildman–Crippen MR) is 339 cm³/mol. The number of hydrogen-bond donors (Lipinski definition) is 0. The molecule has 14 saturated carbocycles. The Morgan fingerprint density at radius 2 is 0.914 bits per heavy atom. The number of hydrogen-bond acceptors (Lipinski definition) is 16. The van der Waals surface area contributed by atoms with Gasteiger partial charge in [0.15, 0.2) is 0 Å². The fourth-order valence-electron chi connectivity index (χ4n) is 27.8. The van der Waals surface area contributed by atoms with Crippen molar-refractivity contribution in [3.8, 4) is 0 Å². The molecule has 0 aromatic carbocycles. The van der Waals surface area contributed by atoms with E-state index in [0.717, 1.165) is 117 Å². The van der Waals surface area contributed by atoms with Crippen LogP contribution in [0, 0.1) is 194 Å². The first-order chi connectivity index (χ1) is 44.6. The van der Waals surface area contributed by atoms with E-state index in [1.807, 2.05) is 6.92 Å². The largest absolute Gasteiger partial charge is 0.465 e. The molecule has 0 aromatic heterocycles. The number of cyclic esters (lactones) is 7. The average Bonchev–Trinajstić information content (AvgIpc) is 1.62. The first-order valence-electron chi connectivity index (χ1n) is 37.9. The molecule has 21 rings (SSSR count). The topological polar surface area (TPSA) is 203 Å². The summed E-state index contributed by atoms with van der Waals surface area (Å²) < 4.78 is 47.3. The Bertz CT molecular complexity index is 2910. The van der Waals surface area contributed by atoms with Crippen molar-refractivity contribution in [1.29, 1.82) is 0 Å². The van der Waals surface area contributed by atoms with Crippen LogP contribution in [-0.4, -0.2) is 114 Å². The summed E-state index contributed by atoms with van der Waals surface area (Å²) in [5, 5.41) is 0. The lowest BCUT2D eigenvalue weighted by Gasteiger charge is -2.34. The molecular formula is C77H112O16. The minimum atomic E-state index is -0.0255. The lowest BCUT2D eigenvalue weighted by atomic mass is 9.68. The third-order valence-electron chi connectivity index (χ3n) is 32.0. The summed E-state index contributed by atoms with van der Waals surface area (Å²) in [6.07, 6.45) is 21.0. The molecule has 14 bridgehead atoms. The molecule has 7 saturated heterocycles. The smallest absolute Gasteiger partial charge is 0.312 e. The number of ether oxygens (including phenoxy) is 9. The van der Waals surface area contributed by atoms with Crippen LogP contribution in [0.25, 0.3) is 0 Å². The standard InChI is InChI=1S/C12H18O3.C11H16O3.4C11H16O2.C10H14O2/c1-3-14-11-6(2)7-4-8(11)10-9(7)5-15-12(10)13;1-5-6-3-7(10(5)13-2)9-8(6)4-14-11(9)12;1-7-2-8-3-9(7)11(4-8)5-10(12)13-6-11;1-5-6(2)8-3-7(5)9-4-13-11(12)10(8)9;1-7-4-9-5-8(7)6-11(9)2-3-13-10(11)12;1-7-4-8-5-9(7)11(6-8)2-3-13-10(11)12;1-5-2-6-3-7(5)9-8(6)4-12-10(9)11/h6-11H,3-5H2,1-2H3;5-10H,3-4H2,1-2H3;7-9H,2-6H2,1H3;5-10H,3-4H2,1-2H3;2*7-9H,2-6H2,1H3;5-9H,2-4H2,1H3. The number of rotatable bonds is 3. The SMILES string of the molecule is CC1C(C)C2CC1C1COC(=O)C21.CC1CC2CC1C1(CCOC1=O)C2.CC1CC2CC1C1(COC(=O)C1)C2.CC1CC2CC1C1C(=O)OCC21.CC1CC2CC1CC21CCOC1=O.CCOC1C(C)C2CC1C1C(=O)OCC21.COC1C(C)C2CC1C1C(=O)OCC21. The number of esters is 7. The first-order valence-corrected chi connectivity index (χ1v) is 37.9. The van der Waals surface area contributed by atoms with Crippen molar-refractivity contribution in [2.24, 2.45) is 194 Å². The van der Waals surface area contributed by atoms with Gasteiger partial charge in [-0.05, 0) is 240 Å². The van der Waals surface area contributed by atoms with Crippen LogP contribution in [0.4, 0.5) is 0 Å². The molecule has 3 spiro atoms. The van der Waals surface area contributed by atoms with Gasteiger partial charge < -0.3 is 42.6 Å². The Morgan fingerprint density at radius 1 is 0.409 bits per heavy atom. The molecule has 0 N–H and O–H groups in total.